The number of hydrogen-bond acceptors (Lipinski definition) is 3. The summed E-state index contributed by atoms with van der Waals surface area (Å²) in [6.45, 7) is 8.02. The van der Waals surface area contributed by atoms with E-state index in [1.54, 1.807) is 6.92 Å². The number of ketones is 1. The van der Waals surface area contributed by atoms with Gasteiger partial charge in [0.15, 0.2) is 5.78 Å². The topological polar surface area (TPSA) is 44.1 Å². The number of carbonyl (C=O) groups is 1. The first-order valence-corrected chi connectivity index (χ1v) is 6.76. The Morgan fingerprint density at radius 2 is 2.10 bits per heavy atom. The van der Waals surface area contributed by atoms with E-state index in [0.717, 1.165) is 11.3 Å². The molecule has 0 saturated heterocycles. The van der Waals surface area contributed by atoms with E-state index in [-0.39, 0.29) is 5.78 Å². The Bertz CT molecular complexity index is 615. The Kier molecular flexibility index (Phi) is 4.23. The second-order valence-corrected chi connectivity index (χ2v) is 5.23. The van der Waals surface area contributed by atoms with Crippen LogP contribution in [-0.2, 0) is 6.61 Å². The minimum atomic E-state index is 0.0106. The number of benzene rings is 1. The van der Waals surface area contributed by atoms with Crippen molar-refractivity contribution in [1.29, 1.82) is 0 Å². The van der Waals surface area contributed by atoms with Gasteiger partial charge in [-0.2, -0.15) is 5.10 Å². The molecule has 4 nitrogen and oxygen atoms in total. The molecular formula is C16H20N2O2. The minimum Gasteiger partial charge on any atom is -0.486 e. The summed E-state index contributed by atoms with van der Waals surface area (Å²) in [4.78, 5) is 11.6. The number of Topliss-reactive ketones (excluding diaryl/α,β-unsaturated/α-hetero) is 1. The number of nitrogens with zero attached hydrogens (tertiary/aromatic N) is 2. The summed E-state index contributed by atoms with van der Waals surface area (Å²) in [7, 11) is 0. The van der Waals surface area contributed by atoms with Crippen molar-refractivity contribution in [1.82, 2.24) is 9.78 Å². The maximum atomic E-state index is 11.6. The Morgan fingerprint density at radius 3 is 2.70 bits per heavy atom. The van der Waals surface area contributed by atoms with Gasteiger partial charge in [-0.1, -0.05) is 11.6 Å². The van der Waals surface area contributed by atoms with Crippen molar-refractivity contribution in [3.63, 3.8) is 0 Å². The summed E-state index contributed by atoms with van der Waals surface area (Å²) in [5.41, 5.74) is 2.52. The average molecular weight is 272 g/mol. The summed E-state index contributed by atoms with van der Waals surface area (Å²) in [5.74, 6) is 0.624. The Morgan fingerprint density at radius 1 is 1.35 bits per heavy atom. The lowest BCUT2D eigenvalue weighted by Crippen LogP contribution is -2.05. The van der Waals surface area contributed by atoms with Crippen molar-refractivity contribution < 1.29 is 9.53 Å². The summed E-state index contributed by atoms with van der Waals surface area (Å²) in [5, 5.41) is 4.42. The van der Waals surface area contributed by atoms with E-state index in [2.05, 4.69) is 18.9 Å². The molecule has 0 spiro atoms. The molecule has 0 aliphatic carbocycles. The van der Waals surface area contributed by atoms with E-state index in [9.17, 15) is 4.79 Å². The molecular weight excluding hydrogens is 252 g/mol. The molecule has 0 radical (unpaired) electrons. The predicted molar refractivity (Wildman–Crippen MR) is 78.1 cm³/mol. The molecule has 0 amide bonds. The van der Waals surface area contributed by atoms with Gasteiger partial charge in [-0.25, -0.2) is 0 Å². The van der Waals surface area contributed by atoms with Crippen LogP contribution in [0.4, 0.5) is 0 Å². The van der Waals surface area contributed by atoms with Crippen molar-refractivity contribution in [3.05, 3.63) is 47.3 Å². The first-order chi connectivity index (χ1) is 9.47. The molecule has 0 saturated carbocycles. The highest BCUT2D eigenvalue weighted by Crippen LogP contribution is 2.21. The van der Waals surface area contributed by atoms with Gasteiger partial charge < -0.3 is 4.74 Å². The molecule has 4 heteroatoms. The lowest BCUT2D eigenvalue weighted by molar-refractivity contribution is 0.101. The van der Waals surface area contributed by atoms with Gasteiger partial charge in [0.2, 0.25) is 0 Å². The molecule has 2 rings (SSSR count). The van der Waals surface area contributed by atoms with Crippen LogP contribution in [0.1, 0.15) is 48.4 Å². The van der Waals surface area contributed by atoms with Crippen LogP contribution in [0.5, 0.6) is 5.75 Å². The van der Waals surface area contributed by atoms with Crippen LogP contribution in [0, 0.1) is 6.92 Å². The van der Waals surface area contributed by atoms with Crippen molar-refractivity contribution in [2.75, 3.05) is 0 Å². The average Bonchev–Trinajstić information content (AvgIpc) is 2.86. The van der Waals surface area contributed by atoms with Gasteiger partial charge >= 0.3 is 0 Å². The second-order valence-electron chi connectivity index (χ2n) is 5.23. The zero-order valence-corrected chi connectivity index (χ0v) is 12.4. The molecule has 2 aromatic rings. The second kappa shape index (κ2) is 5.90. The van der Waals surface area contributed by atoms with Gasteiger partial charge in [-0.05, 0) is 45.9 Å². The van der Waals surface area contributed by atoms with Crippen LogP contribution in [-0.4, -0.2) is 15.6 Å². The van der Waals surface area contributed by atoms with Crippen LogP contribution < -0.4 is 4.74 Å². The van der Waals surface area contributed by atoms with E-state index in [0.29, 0.717) is 24.0 Å². The maximum Gasteiger partial charge on any atom is 0.163 e. The third kappa shape index (κ3) is 3.26. The van der Waals surface area contributed by atoms with E-state index in [4.69, 9.17) is 4.74 Å². The Labute approximate surface area is 119 Å². The molecule has 0 bridgehead atoms. The van der Waals surface area contributed by atoms with Crippen LogP contribution in [0.15, 0.2) is 30.5 Å². The number of rotatable bonds is 5. The quantitative estimate of drug-likeness (QED) is 0.782. The zero-order chi connectivity index (χ0) is 14.7. The van der Waals surface area contributed by atoms with Gasteiger partial charge in [-0.15, -0.1) is 0 Å². The number of aryl methyl sites for hydroxylation is 1. The Hall–Kier alpha value is -2.10. The third-order valence-electron chi connectivity index (χ3n) is 3.08. The van der Waals surface area contributed by atoms with Gasteiger partial charge in [-0.3, -0.25) is 9.48 Å². The largest absolute Gasteiger partial charge is 0.486 e. The third-order valence-corrected chi connectivity index (χ3v) is 3.08. The summed E-state index contributed by atoms with van der Waals surface area (Å²) < 4.78 is 7.62. The van der Waals surface area contributed by atoms with Gasteiger partial charge in [0.1, 0.15) is 12.4 Å². The fraction of sp³-hybridized carbons (Fsp3) is 0.375. The number of aromatic nitrogens is 2. The summed E-state index contributed by atoms with van der Waals surface area (Å²) in [6, 6.07) is 7.89. The SMILES string of the molecule is CC(=O)c1cc(C)ccc1OCc1ccn(C(C)C)n1. The smallest absolute Gasteiger partial charge is 0.163 e. The van der Waals surface area contributed by atoms with Crippen LogP contribution in [0.3, 0.4) is 0 Å². The maximum absolute atomic E-state index is 11.6. The fourth-order valence-corrected chi connectivity index (χ4v) is 1.94. The van der Waals surface area contributed by atoms with E-state index in [1.165, 1.54) is 0 Å². The molecule has 0 unspecified atom stereocenters. The predicted octanol–water partition coefficient (Wildman–Crippen LogP) is 3.55. The lowest BCUT2D eigenvalue weighted by Gasteiger charge is -2.09. The molecule has 1 aromatic carbocycles. The minimum absolute atomic E-state index is 0.0106. The van der Waals surface area contributed by atoms with Gasteiger partial charge in [0, 0.05) is 12.2 Å². The number of ether oxygens (including phenoxy) is 1. The lowest BCUT2D eigenvalue weighted by atomic mass is 10.1. The summed E-state index contributed by atoms with van der Waals surface area (Å²) >= 11 is 0. The van der Waals surface area contributed by atoms with Crippen LogP contribution in [0.25, 0.3) is 0 Å². The molecule has 1 heterocycles. The molecule has 0 fully saturated rings. The van der Waals surface area contributed by atoms with E-state index >= 15 is 0 Å². The van der Waals surface area contributed by atoms with E-state index in [1.807, 2.05) is 42.1 Å². The Balaban J connectivity index is 2.12. The highest BCUT2D eigenvalue weighted by molar-refractivity contribution is 5.97. The molecule has 20 heavy (non-hydrogen) atoms. The van der Waals surface area contributed by atoms with Crippen molar-refractivity contribution in [3.8, 4) is 5.75 Å². The first kappa shape index (κ1) is 14.3. The van der Waals surface area contributed by atoms with Crippen molar-refractivity contribution in [2.24, 2.45) is 0 Å². The molecule has 106 valence electrons. The fourth-order valence-electron chi connectivity index (χ4n) is 1.94. The van der Waals surface area contributed by atoms with E-state index < -0.39 is 0 Å². The molecule has 1 aromatic heterocycles. The monoisotopic (exact) mass is 272 g/mol. The van der Waals surface area contributed by atoms with Gasteiger partial charge in [0.25, 0.3) is 0 Å². The normalized spacial score (nSPS) is 10.8. The molecule has 0 N–H and O–H groups in total. The van der Waals surface area contributed by atoms with Gasteiger partial charge in [0.05, 0.1) is 11.3 Å². The van der Waals surface area contributed by atoms with Crippen molar-refractivity contribution >= 4 is 5.78 Å². The van der Waals surface area contributed by atoms with Crippen LogP contribution in [0.2, 0.25) is 0 Å². The molecule has 0 aliphatic rings. The van der Waals surface area contributed by atoms with Crippen LogP contribution >= 0.6 is 0 Å². The molecule has 0 atom stereocenters. The zero-order valence-electron chi connectivity index (χ0n) is 12.4. The highest BCUT2D eigenvalue weighted by Gasteiger charge is 2.10. The first-order valence-electron chi connectivity index (χ1n) is 6.76. The number of hydrogen-bond donors (Lipinski definition) is 0. The van der Waals surface area contributed by atoms with Crippen molar-refractivity contribution in [2.45, 2.75) is 40.3 Å². The standard InChI is InChI=1S/C16H20N2O2/c1-11(2)18-8-7-14(17-18)10-20-16-6-5-12(3)9-15(16)13(4)19/h5-9,11H,10H2,1-4H3. The summed E-state index contributed by atoms with van der Waals surface area (Å²) in [6.07, 6.45) is 1.93. The number of carbonyl (C=O) groups excluding carboxylic acids is 1. The highest BCUT2D eigenvalue weighted by atomic mass is 16.5. The molecule has 0 aliphatic heterocycles.